The van der Waals surface area contributed by atoms with Crippen molar-refractivity contribution in [2.24, 2.45) is 0 Å². The number of hydrogen-bond acceptors (Lipinski definition) is 3. The Labute approximate surface area is 55.7 Å². The van der Waals surface area contributed by atoms with Crippen molar-refractivity contribution in [3.63, 3.8) is 0 Å². The summed E-state index contributed by atoms with van der Waals surface area (Å²) in [6.07, 6.45) is 2.54. The van der Waals surface area contributed by atoms with Gasteiger partial charge < -0.3 is 4.18 Å². The van der Waals surface area contributed by atoms with Gasteiger partial charge in [0.1, 0.15) is 21.1 Å². The third-order valence-corrected chi connectivity index (χ3v) is 1.11. The number of hydrogen-bond donors (Lipinski definition) is 0. The molecule has 0 rings (SSSR count). The third kappa shape index (κ3) is 5.97. The second kappa shape index (κ2) is 3.09. The Kier molecular flexibility index (Phi) is 3.08. The van der Waals surface area contributed by atoms with E-state index in [9.17, 15) is 8.42 Å². The summed E-state index contributed by atoms with van der Waals surface area (Å²) in [6.45, 7) is 1.65. The zero-order valence-corrected chi connectivity index (χ0v) is 6.57. The highest BCUT2D eigenvalue weighted by molar-refractivity contribution is 9.46. The highest BCUT2D eigenvalue weighted by Crippen LogP contribution is 2.01. The fraction of sp³-hybridized carbons (Fsp3) is 0.333. The van der Waals surface area contributed by atoms with E-state index in [-0.39, 0.29) is 0 Å². The summed E-state index contributed by atoms with van der Waals surface area (Å²) >= 11 is 2.28. The lowest BCUT2D eigenvalue weighted by Gasteiger charge is -1.88. The number of halogens is 1. The van der Waals surface area contributed by atoms with E-state index in [0.717, 1.165) is 6.26 Å². The van der Waals surface area contributed by atoms with Crippen molar-refractivity contribution in [3.8, 4) is 0 Å². The largest absolute Gasteiger partial charge is 0.383 e. The summed E-state index contributed by atoms with van der Waals surface area (Å²) in [5.41, 5.74) is 0. The molecule has 0 aromatic carbocycles. The first kappa shape index (κ1) is 7.97. The zero-order valence-electron chi connectivity index (χ0n) is 4.17. The van der Waals surface area contributed by atoms with Crippen molar-refractivity contribution >= 4 is 23.4 Å². The predicted octanol–water partition coefficient (Wildman–Crippen LogP) is 1.18. The van der Waals surface area contributed by atoms with Gasteiger partial charge in [-0.1, -0.05) is 6.08 Å². The van der Waals surface area contributed by atoms with E-state index in [0.29, 0.717) is 0 Å². The standard InChI is InChI=1S/C3H5BrO3S/c1-2-3-7-8(4,5)6/h2-3H,1H3. The van der Waals surface area contributed by atoms with E-state index >= 15 is 0 Å². The monoisotopic (exact) mass is 200 g/mol. The molecule has 0 saturated heterocycles. The lowest BCUT2D eigenvalue weighted by atomic mass is 10.8. The Bertz CT molecular complexity index is 169. The second-order valence-electron chi connectivity index (χ2n) is 0.959. The van der Waals surface area contributed by atoms with E-state index in [2.05, 4.69) is 19.0 Å². The molecule has 0 N–H and O–H groups in total. The van der Waals surface area contributed by atoms with Gasteiger partial charge in [0.2, 0.25) is 0 Å². The molecule has 0 aromatic rings. The molecule has 0 fully saturated rings. The maximum atomic E-state index is 10.0. The van der Waals surface area contributed by atoms with E-state index < -0.39 is 8.55 Å². The molecule has 0 bridgehead atoms. The van der Waals surface area contributed by atoms with Crippen LogP contribution in [0.5, 0.6) is 0 Å². The molecule has 0 radical (unpaired) electrons. The van der Waals surface area contributed by atoms with Gasteiger partial charge in [0.15, 0.2) is 0 Å². The molecule has 0 saturated carbocycles. The fourth-order valence-electron chi connectivity index (χ4n) is 0.122. The van der Waals surface area contributed by atoms with Crippen LogP contribution in [0, 0.1) is 0 Å². The van der Waals surface area contributed by atoms with Crippen LogP contribution in [-0.4, -0.2) is 8.42 Å². The molecule has 0 aliphatic heterocycles. The van der Waals surface area contributed by atoms with Gasteiger partial charge >= 0.3 is 8.55 Å². The maximum Gasteiger partial charge on any atom is 0.371 e. The first-order valence-corrected chi connectivity index (χ1v) is 5.05. The Morgan fingerprint density at radius 2 is 2.12 bits per heavy atom. The summed E-state index contributed by atoms with van der Waals surface area (Å²) in [6, 6.07) is 0. The number of rotatable bonds is 2. The summed E-state index contributed by atoms with van der Waals surface area (Å²) in [4.78, 5) is 0. The van der Waals surface area contributed by atoms with Crippen molar-refractivity contribution < 1.29 is 12.6 Å². The van der Waals surface area contributed by atoms with Crippen LogP contribution in [-0.2, 0) is 12.7 Å². The average molecular weight is 201 g/mol. The van der Waals surface area contributed by atoms with E-state index in [4.69, 9.17) is 0 Å². The van der Waals surface area contributed by atoms with E-state index in [1.807, 2.05) is 0 Å². The molecule has 0 atom stereocenters. The lowest BCUT2D eigenvalue weighted by Crippen LogP contribution is -1.86. The van der Waals surface area contributed by atoms with Crippen LogP contribution in [0.25, 0.3) is 0 Å². The molecule has 0 aliphatic rings. The van der Waals surface area contributed by atoms with Crippen LogP contribution in [0.4, 0.5) is 0 Å². The molecule has 8 heavy (non-hydrogen) atoms. The van der Waals surface area contributed by atoms with Gasteiger partial charge in [0, 0.05) is 0 Å². The molecule has 48 valence electrons. The maximum absolute atomic E-state index is 10.0. The van der Waals surface area contributed by atoms with Crippen molar-refractivity contribution in [2.45, 2.75) is 6.92 Å². The molecular formula is C3H5BrO3S. The highest BCUT2D eigenvalue weighted by Gasteiger charge is 1.97. The van der Waals surface area contributed by atoms with Gasteiger partial charge in [-0.15, -0.1) is 0 Å². The van der Waals surface area contributed by atoms with Crippen LogP contribution in [0.1, 0.15) is 6.92 Å². The number of allylic oxidation sites excluding steroid dienone is 1. The normalized spacial score (nSPS) is 12.2. The van der Waals surface area contributed by atoms with E-state index in [1.165, 1.54) is 6.08 Å². The fourth-order valence-corrected chi connectivity index (χ4v) is 0.630. The minimum absolute atomic E-state index is 1.07. The van der Waals surface area contributed by atoms with Crippen LogP contribution < -0.4 is 0 Å². The second-order valence-corrected chi connectivity index (χ2v) is 4.32. The topological polar surface area (TPSA) is 43.4 Å². The lowest BCUT2D eigenvalue weighted by molar-refractivity contribution is 0.462. The average Bonchev–Trinajstić information content (AvgIpc) is 1.59. The quantitative estimate of drug-likeness (QED) is 0.497. The van der Waals surface area contributed by atoms with Crippen molar-refractivity contribution in [1.29, 1.82) is 0 Å². The Morgan fingerprint density at radius 3 is 2.25 bits per heavy atom. The van der Waals surface area contributed by atoms with Gasteiger partial charge in [0.05, 0.1) is 0 Å². The smallest absolute Gasteiger partial charge is 0.371 e. The third-order valence-electron chi connectivity index (χ3n) is 0.307. The summed E-state index contributed by atoms with van der Waals surface area (Å²) < 4.78 is 24.2. The SMILES string of the molecule is CC=COS(=O)(=O)Br. The molecule has 0 aromatic heterocycles. The van der Waals surface area contributed by atoms with Crippen LogP contribution in [0.3, 0.4) is 0 Å². The molecule has 0 amide bonds. The minimum atomic E-state index is -3.46. The highest BCUT2D eigenvalue weighted by atomic mass is 79.9. The predicted molar refractivity (Wildman–Crippen MR) is 33.7 cm³/mol. The Morgan fingerprint density at radius 1 is 1.62 bits per heavy atom. The first-order valence-electron chi connectivity index (χ1n) is 1.80. The molecule has 3 nitrogen and oxygen atoms in total. The van der Waals surface area contributed by atoms with E-state index in [1.54, 1.807) is 6.92 Å². The van der Waals surface area contributed by atoms with Gasteiger partial charge in [-0.3, -0.25) is 0 Å². The zero-order chi connectivity index (χ0) is 6.62. The summed E-state index contributed by atoms with van der Waals surface area (Å²) in [7, 11) is -3.46. The van der Waals surface area contributed by atoms with Gasteiger partial charge in [0.25, 0.3) is 0 Å². The van der Waals surface area contributed by atoms with Gasteiger partial charge in [-0.05, 0) is 6.92 Å². The first-order chi connectivity index (χ1) is 3.56. The van der Waals surface area contributed by atoms with Crippen molar-refractivity contribution in [3.05, 3.63) is 12.3 Å². The Balaban J connectivity index is 3.76. The molecular weight excluding hydrogens is 196 g/mol. The minimum Gasteiger partial charge on any atom is -0.383 e. The summed E-state index contributed by atoms with van der Waals surface area (Å²) in [5.74, 6) is 0. The van der Waals surface area contributed by atoms with Gasteiger partial charge in [-0.25, -0.2) is 0 Å². The van der Waals surface area contributed by atoms with Crippen LogP contribution in [0.2, 0.25) is 0 Å². The molecule has 0 unspecified atom stereocenters. The van der Waals surface area contributed by atoms with Crippen molar-refractivity contribution in [2.75, 3.05) is 0 Å². The Hall–Kier alpha value is -0.0300. The summed E-state index contributed by atoms with van der Waals surface area (Å²) in [5, 5.41) is 0. The molecule has 5 heteroatoms. The van der Waals surface area contributed by atoms with Crippen LogP contribution in [0.15, 0.2) is 12.3 Å². The van der Waals surface area contributed by atoms with Gasteiger partial charge in [-0.2, -0.15) is 8.42 Å². The van der Waals surface area contributed by atoms with Crippen LogP contribution >= 0.6 is 14.8 Å². The van der Waals surface area contributed by atoms with Crippen molar-refractivity contribution in [1.82, 2.24) is 0 Å². The molecule has 0 spiro atoms. The molecule has 0 heterocycles. The molecule has 0 aliphatic carbocycles.